The number of amides is 1. The van der Waals surface area contributed by atoms with Crippen LogP contribution in [0.25, 0.3) is 16.6 Å². The molecule has 1 aliphatic rings. The second-order valence-electron chi connectivity index (χ2n) is 13.6. The summed E-state index contributed by atoms with van der Waals surface area (Å²) in [5.74, 6) is 0.350. The Morgan fingerprint density at radius 2 is 1.55 bits per heavy atom. The molecule has 0 saturated heterocycles. The molecule has 1 atom stereocenters. The number of aryl methyl sites for hydroxylation is 1. The van der Waals surface area contributed by atoms with Crippen molar-refractivity contribution in [2.75, 3.05) is 24.3 Å². The molecule has 10 heteroatoms. The third-order valence-electron chi connectivity index (χ3n) is 9.50. The molecular formula is C39H45N7O3. The monoisotopic (exact) mass is 659 g/mol. The number of H-pyrrole nitrogens is 1. The predicted octanol–water partition coefficient (Wildman–Crippen LogP) is 6.50. The number of rotatable bonds is 11. The Balaban J connectivity index is 1.19. The van der Waals surface area contributed by atoms with Crippen LogP contribution in [0.1, 0.15) is 85.0 Å². The summed E-state index contributed by atoms with van der Waals surface area (Å²) in [5, 5.41) is 10.9. The Bertz CT molecular complexity index is 1990. The molecule has 2 heterocycles. The zero-order valence-corrected chi connectivity index (χ0v) is 28.9. The van der Waals surface area contributed by atoms with Gasteiger partial charge in [0.05, 0.1) is 22.7 Å². The molecule has 1 aliphatic carbocycles. The van der Waals surface area contributed by atoms with Gasteiger partial charge in [0.2, 0.25) is 11.9 Å². The van der Waals surface area contributed by atoms with Crippen LogP contribution in [-0.2, 0) is 4.79 Å². The average molecular weight is 660 g/mol. The van der Waals surface area contributed by atoms with Gasteiger partial charge < -0.3 is 15.5 Å². The maximum Gasteiger partial charge on any atom is 0.275 e. The molecule has 1 unspecified atom stereocenters. The van der Waals surface area contributed by atoms with Crippen molar-refractivity contribution >= 4 is 34.4 Å². The van der Waals surface area contributed by atoms with Crippen LogP contribution in [-0.4, -0.2) is 57.6 Å². The van der Waals surface area contributed by atoms with E-state index in [2.05, 4.69) is 29.6 Å². The van der Waals surface area contributed by atoms with E-state index in [9.17, 15) is 14.4 Å². The van der Waals surface area contributed by atoms with Crippen molar-refractivity contribution in [2.45, 2.75) is 76.8 Å². The van der Waals surface area contributed by atoms with Crippen LogP contribution in [0.2, 0.25) is 0 Å². The molecular weight excluding hydrogens is 614 g/mol. The van der Waals surface area contributed by atoms with Crippen LogP contribution in [0.3, 0.4) is 0 Å². The molecule has 0 bridgehead atoms. The van der Waals surface area contributed by atoms with Gasteiger partial charge in [0, 0.05) is 49.2 Å². The number of nitrogens with one attached hydrogen (secondary N) is 3. The Morgan fingerprint density at radius 1 is 0.898 bits per heavy atom. The van der Waals surface area contributed by atoms with Crippen LogP contribution in [0.4, 0.5) is 11.8 Å². The van der Waals surface area contributed by atoms with E-state index in [0.717, 1.165) is 48.0 Å². The van der Waals surface area contributed by atoms with E-state index in [1.54, 1.807) is 6.92 Å². The second kappa shape index (κ2) is 14.5. The van der Waals surface area contributed by atoms with Crippen LogP contribution in [0.15, 0.2) is 83.7 Å². The van der Waals surface area contributed by atoms with E-state index in [0.29, 0.717) is 34.4 Å². The minimum absolute atomic E-state index is 0.0843. The summed E-state index contributed by atoms with van der Waals surface area (Å²) < 4.78 is 1.44. The van der Waals surface area contributed by atoms with E-state index in [1.807, 2.05) is 97.9 Å². The molecule has 1 saturated carbocycles. The van der Waals surface area contributed by atoms with Gasteiger partial charge in [-0.25, -0.2) is 9.67 Å². The molecule has 0 aliphatic heterocycles. The van der Waals surface area contributed by atoms with Gasteiger partial charge in [-0.3, -0.25) is 19.5 Å². The van der Waals surface area contributed by atoms with Gasteiger partial charge in [0.1, 0.15) is 5.82 Å². The molecule has 5 aromatic rings. The summed E-state index contributed by atoms with van der Waals surface area (Å²) in [6, 6.07) is 24.8. The molecule has 1 amide bonds. The van der Waals surface area contributed by atoms with Crippen molar-refractivity contribution in [3.05, 3.63) is 112 Å². The van der Waals surface area contributed by atoms with Gasteiger partial charge in [0.15, 0.2) is 5.78 Å². The second-order valence-corrected chi connectivity index (χ2v) is 13.6. The molecule has 10 nitrogen and oxygen atoms in total. The van der Waals surface area contributed by atoms with Crippen LogP contribution >= 0.6 is 0 Å². The number of carbonyl (C=O) groups excluding carboxylic acids is 2. The SMILES string of the molecule is Cc1[nH]n(-c2ccccc2)c(=O)c1C(CC(=O)c1ccc(C(C)C)cc1)C(=O)NC1CCC(Nc2nc(N(C)C)c3ccccc3n2)CC1. The maximum absolute atomic E-state index is 14.1. The van der Waals surface area contributed by atoms with Gasteiger partial charge in [-0.1, -0.05) is 68.4 Å². The highest BCUT2D eigenvalue weighted by Crippen LogP contribution is 2.28. The fraction of sp³-hybridized carbons (Fsp3) is 0.359. The van der Waals surface area contributed by atoms with E-state index < -0.39 is 5.92 Å². The molecule has 0 radical (unpaired) electrons. The van der Waals surface area contributed by atoms with E-state index in [4.69, 9.17) is 9.97 Å². The van der Waals surface area contributed by atoms with E-state index >= 15 is 0 Å². The number of Topliss-reactive ketones (excluding diaryl/α,β-unsaturated/α-hetero) is 1. The zero-order chi connectivity index (χ0) is 34.7. The van der Waals surface area contributed by atoms with Crippen LogP contribution in [0.5, 0.6) is 0 Å². The molecule has 3 N–H and O–H groups in total. The lowest BCUT2D eigenvalue weighted by Gasteiger charge is -2.31. The van der Waals surface area contributed by atoms with Gasteiger partial charge in [-0.05, 0) is 68.4 Å². The average Bonchev–Trinajstić information content (AvgIpc) is 3.40. The maximum atomic E-state index is 14.1. The molecule has 0 spiro atoms. The first-order valence-corrected chi connectivity index (χ1v) is 17.1. The minimum atomic E-state index is -0.947. The molecule has 3 aromatic carbocycles. The Morgan fingerprint density at radius 3 is 2.22 bits per heavy atom. The zero-order valence-electron chi connectivity index (χ0n) is 28.9. The number of ketones is 1. The first-order chi connectivity index (χ1) is 23.6. The van der Waals surface area contributed by atoms with Crippen molar-refractivity contribution in [2.24, 2.45) is 0 Å². The summed E-state index contributed by atoms with van der Waals surface area (Å²) in [4.78, 5) is 53.1. The number of anilines is 2. The first-order valence-electron chi connectivity index (χ1n) is 17.1. The smallest absolute Gasteiger partial charge is 0.275 e. The van der Waals surface area contributed by atoms with Gasteiger partial charge in [-0.2, -0.15) is 4.98 Å². The Labute approximate surface area is 287 Å². The fourth-order valence-corrected chi connectivity index (χ4v) is 6.74. The summed E-state index contributed by atoms with van der Waals surface area (Å²) >= 11 is 0. The number of nitrogens with zero attached hydrogens (tertiary/aromatic N) is 4. The largest absolute Gasteiger partial charge is 0.362 e. The fourth-order valence-electron chi connectivity index (χ4n) is 6.74. The number of fused-ring (bicyclic) bond motifs is 1. The summed E-state index contributed by atoms with van der Waals surface area (Å²) in [5.41, 5.74) is 3.76. The topological polar surface area (TPSA) is 125 Å². The Hall–Kier alpha value is -5.25. The van der Waals surface area contributed by atoms with Crippen molar-refractivity contribution < 1.29 is 9.59 Å². The lowest BCUT2D eigenvalue weighted by molar-refractivity contribution is -0.123. The summed E-state index contributed by atoms with van der Waals surface area (Å²) in [7, 11) is 3.95. The number of aromatic amines is 1. The van der Waals surface area contributed by atoms with E-state index in [1.165, 1.54) is 4.68 Å². The minimum Gasteiger partial charge on any atom is -0.362 e. The number of hydrogen-bond donors (Lipinski definition) is 3. The van der Waals surface area contributed by atoms with E-state index in [-0.39, 0.29) is 35.8 Å². The van der Waals surface area contributed by atoms with Crippen molar-refractivity contribution in [3.63, 3.8) is 0 Å². The number of benzene rings is 3. The standard InChI is InChI=1S/C39H45N7O3/c1-24(2)26-15-17-27(18-16-26)34(47)23-32(35-25(3)44-46(38(35)49)30-11-7-6-8-12-30)37(48)40-28-19-21-29(22-20-28)41-39-42-33-14-10-9-13-31(33)36(43-39)45(4)5/h6-18,24,28-29,32,44H,19-23H2,1-5H3,(H,40,48)(H,41,42,43). The van der Waals surface area contributed by atoms with Crippen LogP contribution < -0.4 is 21.1 Å². The van der Waals surface area contributed by atoms with Crippen molar-refractivity contribution in [1.29, 1.82) is 0 Å². The summed E-state index contributed by atoms with van der Waals surface area (Å²) in [6.45, 7) is 5.99. The highest BCUT2D eigenvalue weighted by molar-refractivity contribution is 6.00. The van der Waals surface area contributed by atoms with Crippen LogP contribution in [0, 0.1) is 6.92 Å². The summed E-state index contributed by atoms with van der Waals surface area (Å²) in [6.07, 6.45) is 3.01. The third kappa shape index (κ3) is 7.43. The lowest BCUT2D eigenvalue weighted by atomic mass is 9.88. The number of hydrogen-bond acceptors (Lipinski definition) is 7. The van der Waals surface area contributed by atoms with Crippen molar-refractivity contribution in [3.8, 4) is 5.69 Å². The van der Waals surface area contributed by atoms with Crippen molar-refractivity contribution in [1.82, 2.24) is 25.1 Å². The number of para-hydroxylation sites is 2. The molecule has 6 rings (SSSR count). The molecule has 49 heavy (non-hydrogen) atoms. The third-order valence-corrected chi connectivity index (χ3v) is 9.50. The highest BCUT2D eigenvalue weighted by Gasteiger charge is 2.33. The lowest BCUT2D eigenvalue weighted by Crippen LogP contribution is -2.43. The highest BCUT2D eigenvalue weighted by atomic mass is 16.2. The van der Waals surface area contributed by atoms with Gasteiger partial charge in [0.25, 0.3) is 5.56 Å². The van der Waals surface area contributed by atoms with Gasteiger partial charge >= 0.3 is 0 Å². The molecule has 1 fully saturated rings. The predicted molar refractivity (Wildman–Crippen MR) is 195 cm³/mol. The first kappa shape index (κ1) is 33.6. The quantitative estimate of drug-likeness (QED) is 0.138. The molecule has 254 valence electrons. The normalized spacial score (nSPS) is 16.8. The Kier molecular flexibility index (Phi) is 9.94. The number of aromatic nitrogens is 4. The molecule has 2 aromatic heterocycles. The van der Waals surface area contributed by atoms with Gasteiger partial charge in [-0.15, -0.1) is 0 Å². The number of carbonyl (C=O) groups is 2.